The molecule has 0 aliphatic rings. The van der Waals surface area contributed by atoms with Crippen LogP contribution in [0.25, 0.3) is 5.69 Å². The van der Waals surface area contributed by atoms with Gasteiger partial charge in [0.2, 0.25) is 5.91 Å². The van der Waals surface area contributed by atoms with Gasteiger partial charge in [-0.1, -0.05) is 19.4 Å². The second-order valence-electron chi connectivity index (χ2n) is 7.03. The molecular weight excluding hydrogens is 357 g/mol. The van der Waals surface area contributed by atoms with E-state index in [2.05, 4.69) is 10.4 Å². The molecule has 1 aromatic heterocycles. The third-order valence-electron chi connectivity index (χ3n) is 4.38. The molecule has 0 bridgehead atoms. The van der Waals surface area contributed by atoms with Gasteiger partial charge in [0.05, 0.1) is 22.5 Å². The number of carbonyl (C=O) groups excluding carboxylic acids is 1. The fourth-order valence-corrected chi connectivity index (χ4v) is 3.01. The smallest absolute Gasteiger partial charge is 0.350 e. The normalized spacial score (nSPS) is 14.1. The van der Waals surface area contributed by atoms with Crippen LogP contribution >= 0.6 is 0 Å². The predicted molar refractivity (Wildman–Crippen MR) is 97.4 cm³/mol. The van der Waals surface area contributed by atoms with Crippen LogP contribution in [0.3, 0.4) is 0 Å². The minimum atomic E-state index is -4.55. The Hall–Kier alpha value is -2.35. The number of hydrogen-bond donors (Lipinski definition) is 2. The van der Waals surface area contributed by atoms with E-state index in [1.165, 1.54) is 10.7 Å². The summed E-state index contributed by atoms with van der Waals surface area (Å²) >= 11 is 0. The monoisotopic (exact) mass is 382 g/mol. The zero-order valence-electron chi connectivity index (χ0n) is 15.9. The van der Waals surface area contributed by atoms with E-state index in [9.17, 15) is 18.0 Å². The zero-order valence-corrected chi connectivity index (χ0v) is 15.9. The Morgan fingerprint density at radius 2 is 1.93 bits per heavy atom. The Balaban J connectivity index is 2.32. The number of carbonyl (C=O) groups is 1. The number of hydrogen-bond acceptors (Lipinski definition) is 3. The molecule has 1 amide bonds. The van der Waals surface area contributed by atoms with Gasteiger partial charge in [-0.2, -0.15) is 18.3 Å². The van der Waals surface area contributed by atoms with Crippen LogP contribution in [-0.2, 0) is 17.5 Å². The lowest BCUT2D eigenvalue weighted by Crippen LogP contribution is -2.51. The van der Waals surface area contributed by atoms with Crippen molar-refractivity contribution in [2.75, 3.05) is 0 Å². The average Bonchev–Trinajstić information content (AvgIpc) is 2.90. The third-order valence-corrected chi connectivity index (χ3v) is 4.38. The molecule has 5 nitrogen and oxygen atoms in total. The van der Waals surface area contributed by atoms with Gasteiger partial charge in [0.1, 0.15) is 0 Å². The Labute approximate surface area is 156 Å². The maximum Gasteiger partial charge on any atom is 0.416 e. The van der Waals surface area contributed by atoms with Gasteiger partial charge in [-0.15, -0.1) is 0 Å². The van der Waals surface area contributed by atoms with Crippen molar-refractivity contribution in [2.24, 2.45) is 5.73 Å². The summed E-state index contributed by atoms with van der Waals surface area (Å²) in [6, 6.07) is 5.76. The summed E-state index contributed by atoms with van der Waals surface area (Å²) in [4.78, 5) is 12.2. The first kappa shape index (κ1) is 21.0. The molecule has 0 saturated carbocycles. The second kappa shape index (κ2) is 7.72. The molecule has 0 spiro atoms. The van der Waals surface area contributed by atoms with Crippen molar-refractivity contribution in [3.05, 3.63) is 46.8 Å². The van der Waals surface area contributed by atoms with Crippen LogP contribution in [0.5, 0.6) is 0 Å². The van der Waals surface area contributed by atoms with Gasteiger partial charge in [-0.25, -0.2) is 4.68 Å². The van der Waals surface area contributed by atoms with Crippen LogP contribution in [-0.4, -0.2) is 21.2 Å². The Morgan fingerprint density at radius 1 is 1.26 bits per heavy atom. The molecule has 1 unspecified atom stereocenters. The van der Waals surface area contributed by atoms with Crippen molar-refractivity contribution in [1.82, 2.24) is 15.1 Å². The molecule has 0 aliphatic carbocycles. The van der Waals surface area contributed by atoms with Gasteiger partial charge in [0, 0.05) is 12.2 Å². The molecule has 2 rings (SSSR count). The molecule has 8 heteroatoms. The van der Waals surface area contributed by atoms with Gasteiger partial charge in [-0.05, 0) is 51.0 Å². The largest absolute Gasteiger partial charge is 0.416 e. The van der Waals surface area contributed by atoms with E-state index in [1.807, 2.05) is 6.92 Å². The number of nitrogens with zero attached hydrogens (tertiary/aromatic N) is 2. The summed E-state index contributed by atoms with van der Waals surface area (Å²) in [5, 5.41) is 6.75. The summed E-state index contributed by atoms with van der Waals surface area (Å²) in [6.45, 7) is 6.76. The highest BCUT2D eigenvalue weighted by Crippen LogP contribution is 2.33. The second-order valence-corrected chi connectivity index (χ2v) is 7.03. The number of amides is 1. The maximum atomic E-state index is 13.6. The van der Waals surface area contributed by atoms with Crippen LogP contribution < -0.4 is 11.1 Å². The number of nitrogens with one attached hydrogen (secondary N) is 1. The van der Waals surface area contributed by atoms with Crippen molar-refractivity contribution < 1.29 is 18.0 Å². The summed E-state index contributed by atoms with van der Waals surface area (Å²) in [5.41, 5.74) is 5.77. The van der Waals surface area contributed by atoms with Gasteiger partial charge in [-0.3, -0.25) is 4.79 Å². The molecular formula is C19H25F3N4O. The van der Waals surface area contributed by atoms with E-state index in [0.29, 0.717) is 18.5 Å². The summed E-state index contributed by atoms with van der Waals surface area (Å²) in [5.74, 6) is -0.472. The number of benzene rings is 1. The molecule has 2 aromatic rings. The molecule has 27 heavy (non-hydrogen) atoms. The highest BCUT2D eigenvalue weighted by atomic mass is 19.4. The van der Waals surface area contributed by atoms with Crippen molar-refractivity contribution in [1.29, 1.82) is 0 Å². The Morgan fingerprint density at radius 3 is 2.44 bits per heavy atom. The first-order valence-electron chi connectivity index (χ1n) is 8.76. The molecule has 1 atom stereocenters. The van der Waals surface area contributed by atoms with E-state index in [4.69, 9.17) is 5.73 Å². The summed E-state index contributed by atoms with van der Waals surface area (Å²) in [7, 11) is 0. The van der Waals surface area contributed by atoms with E-state index < -0.39 is 23.2 Å². The third kappa shape index (κ3) is 4.88. The fourth-order valence-electron chi connectivity index (χ4n) is 3.01. The molecule has 0 aliphatic heterocycles. The van der Waals surface area contributed by atoms with E-state index in [1.54, 1.807) is 32.9 Å². The average molecular weight is 382 g/mol. The molecule has 148 valence electrons. The number of alkyl halides is 3. The molecule has 1 heterocycles. The van der Waals surface area contributed by atoms with Crippen LogP contribution in [0.1, 0.15) is 49.2 Å². The number of aryl methyl sites for hydroxylation is 2. The lowest BCUT2D eigenvalue weighted by atomic mass is 9.96. The standard InChI is InChI=1S/C19H25F3N4O/c1-5-8-18(4,23)17(27)24-11-14-6-7-15(10-16(14)19(20,21)22)26-13(3)9-12(2)25-26/h6-7,9-10H,5,8,11,23H2,1-4H3,(H,24,27). The number of rotatable bonds is 6. The lowest BCUT2D eigenvalue weighted by Gasteiger charge is -2.23. The van der Waals surface area contributed by atoms with Crippen LogP contribution in [0, 0.1) is 13.8 Å². The van der Waals surface area contributed by atoms with Crippen LogP contribution in [0.15, 0.2) is 24.3 Å². The van der Waals surface area contributed by atoms with Gasteiger partial charge < -0.3 is 11.1 Å². The van der Waals surface area contributed by atoms with Gasteiger partial charge >= 0.3 is 6.18 Å². The highest BCUT2D eigenvalue weighted by molar-refractivity contribution is 5.85. The van der Waals surface area contributed by atoms with Crippen LogP contribution in [0.4, 0.5) is 13.2 Å². The quantitative estimate of drug-likeness (QED) is 0.801. The number of halogens is 3. The first-order valence-corrected chi connectivity index (χ1v) is 8.76. The van der Waals surface area contributed by atoms with E-state index in [-0.39, 0.29) is 12.1 Å². The maximum absolute atomic E-state index is 13.6. The number of aromatic nitrogens is 2. The minimum absolute atomic E-state index is 0.0200. The molecule has 0 saturated heterocycles. The fraction of sp³-hybridized carbons (Fsp3) is 0.474. The van der Waals surface area contributed by atoms with E-state index >= 15 is 0 Å². The van der Waals surface area contributed by atoms with Crippen molar-refractivity contribution in [3.8, 4) is 5.69 Å². The first-order chi connectivity index (χ1) is 12.5. The van der Waals surface area contributed by atoms with E-state index in [0.717, 1.165) is 17.5 Å². The lowest BCUT2D eigenvalue weighted by molar-refractivity contribution is -0.138. The summed E-state index contributed by atoms with van der Waals surface area (Å²) in [6.07, 6.45) is -3.41. The topological polar surface area (TPSA) is 72.9 Å². The minimum Gasteiger partial charge on any atom is -0.350 e. The summed E-state index contributed by atoms with van der Waals surface area (Å²) < 4.78 is 42.1. The van der Waals surface area contributed by atoms with Crippen molar-refractivity contribution in [2.45, 2.75) is 58.8 Å². The molecule has 3 N–H and O–H groups in total. The van der Waals surface area contributed by atoms with Crippen molar-refractivity contribution >= 4 is 5.91 Å². The molecule has 1 aromatic carbocycles. The Kier molecular flexibility index (Phi) is 5.99. The van der Waals surface area contributed by atoms with Gasteiger partial charge in [0.15, 0.2) is 0 Å². The predicted octanol–water partition coefficient (Wildman–Crippen LogP) is 3.64. The SMILES string of the molecule is CCCC(C)(N)C(=O)NCc1ccc(-n2nc(C)cc2C)cc1C(F)(F)F. The number of nitrogens with two attached hydrogens (primary N) is 1. The Bertz CT molecular complexity index is 825. The van der Waals surface area contributed by atoms with Crippen molar-refractivity contribution in [3.63, 3.8) is 0 Å². The molecule has 0 radical (unpaired) electrons. The highest BCUT2D eigenvalue weighted by Gasteiger charge is 2.34. The van der Waals surface area contributed by atoms with Crippen LogP contribution in [0.2, 0.25) is 0 Å². The molecule has 0 fully saturated rings. The van der Waals surface area contributed by atoms with Gasteiger partial charge in [0.25, 0.3) is 0 Å². The zero-order chi connectivity index (χ0) is 20.4.